The maximum atomic E-state index is 12.5. The minimum Gasteiger partial charge on any atom is -0.495 e. The molecule has 166 valence electrons. The lowest BCUT2D eigenvalue weighted by Gasteiger charge is -2.42. The summed E-state index contributed by atoms with van der Waals surface area (Å²) >= 11 is 3.37. The zero-order valence-corrected chi connectivity index (χ0v) is 18.8. The lowest BCUT2D eigenvalue weighted by molar-refractivity contribution is -0.158. The summed E-state index contributed by atoms with van der Waals surface area (Å²) in [5, 5.41) is 33.9. The number of rotatable bonds is 4. The number of carboxylic acid groups (broad SMARTS) is 1. The molecule has 0 radical (unpaired) electrons. The molecule has 0 saturated carbocycles. The highest BCUT2D eigenvalue weighted by Gasteiger charge is 2.53. The van der Waals surface area contributed by atoms with E-state index in [1.807, 2.05) is 6.07 Å². The predicted molar refractivity (Wildman–Crippen MR) is 120 cm³/mol. The van der Waals surface area contributed by atoms with Gasteiger partial charge >= 0.3 is 5.97 Å². The fourth-order valence-electron chi connectivity index (χ4n) is 4.30. The fraction of sp³-hybridized carbons (Fsp3) is 0.250. The molecule has 0 saturated heterocycles. The number of hydrogen-bond donors (Lipinski definition) is 3. The molecule has 1 aromatic heterocycles. The lowest BCUT2D eigenvalue weighted by Crippen LogP contribution is -2.51. The SMILES string of the molecule is COc1cncc2c1[C@@](O)(c1ccc(Br)cc1)[C@H](O)[C@H](C(=O)O)C(c1ccccc1)CO2. The summed E-state index contributed by atoms with van der Waals surface area (Å²) in [6.45, 7) is -0.0314. The molecule has 7 nitrogen and oxygen atoms in total. The van der Waals surface area contributed by atoms with E-state index in [1.165, 1.54) is 19.5 Å². The Hall–Kier alpha value is -2.94. The number of carboxylic acids is 1. The van der Waals surface area contributed by atoms with Crippen molar-refractivity contribution in [3.8, 4) is 11.5 Å². The van der Waals surface area contributed by atoms with Gasteiger partial charge in [-0.1, -0.05) is 58.4 Å². The molecular weight excluding hydrogens is 478 g/mol. The molecule has 2 heterocycles. The van der Waals surface area contributed by atoms with Gasteiger partial charge in [-0.3, -0.25) is 9.78 Å². The van der Waals surface area contributed by atoms with Crippen LogP contribution >= 0.6 is 15.9 Å². The van der Waals surface area contributed by atoms with Crippen LogP contribution in [0.1, 0.15) is 22.6 Å². The normalized spacial score (nSPS) is 25.1. The minimum absolute atomic E-state index is 0.0314. The number of hydrogen-bond acceptors (Lipinski definition) is 6. The van der Waals surface area contributed by atoms with E-state index in [0.29, 0.717) is 11.1 Å². The van der Waals surface area contributed by atoms with E-state index in [4.69, 9.17) is 9.47 Å². The van der Waals surface area contributed by atoms with Gasteiger partial charge < -0.3 is 24.8 Å². The average Bonchev–Trinajstić information content (AvgIpc) is 2.80. The highest BCUT2D eigenvalue weighted by atomic mass is 79.9. The van der Waals surface area contributed by atoms with Crippen molar-refractivity contribution in [1.82, 2.24) is 4.98 Å². The van der Waals surface area contributed by atoms with Gasteiger partial charge in [0, 0.05) is 10.4 Å². The molecule has 3 aromatic rings. The van der Waals surface area contributed by atoms with Crippen molar-refractivity contribution < 1.29 is 29.6 Å². The van der Waals surface area contributed by atoms with Crippen LogP contribution in [0.3, 0.4) is 0 Å². The Labute approximate surface area is 193 Å². The number of aromatic nitrogens is 1. The van der Waals surface area contributed by atoms with Crippen molar-refractivity contribution in [2.45, 2.75) is 17.6 Å². The fourth-order valence-corrected chi connectivity index (χ4v) is 4.57. The first-order valence-electron chi connectivity index (χ1n) is 9.97. The first kappa shape index (κ1) is 22.3. The van der Waals surface area contributed by atoms with Gasteiger partial charge in [0.25, 0.3) is 0 Å². The van der Waals surface area contributed by atoms with Crippen molar-refractivity contribution in [1.29, 1.82) is 0 Å². The molecule has 32 heavy (non-hydrogen) atoms. The van der Waals surface area contributed by atoms with Crippen LogP contribution in [-0.2, 0) is 10.4 Å². The van der Waals surface area contributed by atoms with Gasteiger partial charge in [0.2, 0.25) is 0 Å². The Morgan fingerprint density at radius 1 is 1.16 bits per heavy atom. The quantitative estimate of drug-likeness (QED) is 0.504. The lowest BCUT2D eigenvalue weighted by atomic mass is 9.70. The summed E-state index contributed by atoms with van der Waals surface area (Å²) in [6.07, 6.45) is 1.09. The van der Waals surface area contributed by atoms with Crippen LogP contribution in [0.15, 0.2) is 71.5 Å². The Balaban J connectivity index is 2.00. The van der Waals surface area contributed by atoms with E-state index in [-0.39, 0.29) is 23.7 Å². The van der Waals surface area contributed by atoms with Crippen LogP contribution in [0.25, 0.3) is 0 Å². The van der Waals surface area contributed by atoms with Gasteiger partial charge in [-0.2, -0.15) is 0 Å². The van der Waals surface area contributed by atoms with Crippen LogP contribution in [0.2, 0.25) is 0 Å². The van der Waals surface area contributed by atoms with Crippen molar-refractivity contribution in [2.24, 2.45) is 5.92 Å². The second-order valence-corrected chi connectivity index (χ2v) is 8.54. The Kier molecular flexibility index (Phi) is 6.19. The van der Waals surface area contributed by atoms with E-state index >= 15 is 0 Å². The van der Waals surface area contributed by atoms with Crippen molar-refractivity contribution in [3.63, 3.8) is 0 Å². The molecule has 2 aromatic carbocycles. The average molecular weight is 500 g/mol. The molecule has 0 fully saturated rings. The number of fused-ring (bicyclic) bond motifs is 1. The summed E-state index contributed by atoms with van der Waals surface area (Å²) < 4.78 is 12.2. The highest BCUT2D eigenvalue weighted by Crippen LogP contribution is 2.49. The molecule has 3 N–H and O–H groups in total. The van der Waals surface area contributed by atoms with Crippen molar-refractivity contribution in [2.75, 3.05) is 13.7 Å². The van der Waals surface area contributed by atoms with Crippen LogP contribution in [0.4, 0.5) is 0 Å². The summed E-state index contributed by atoms with van der Waals surface area (Å²) in [5.74, 6) is -2.98. The Morgan fingerprint density at radius 3 is 2.47 bits per heavy atom. The molecule has 0 spiro atoms. The van der Waals surface area contributed by atoms with Crippen LogP contribution in [0, 0.1) is 5.92 Å². The minimum atomic E-state index is -2.15. The smallest absolute Gasteiger partial charge is 0.310 e. The number of aliphatic hydroxyl groups is 2. The third kappa shape index (κ3) is 3.74. The van der Waals surface area contributed by atoms with Crippen LogP contribution < -0.4 is 9.47 Å². The number of aliphatic hydroxyl groups excluding tert-OH is 1. The standard InChI is InChI=1S/C24H22BrNO6/c1-31-18-11-26-12-19-21(18)24(30,15-7-9-16(25)10-8-15)22(27)20(23(28)29)17(13-32-19)14-5-3-2-4-6-14/h2-12,17,20,22,27,30H,13H2,1H3,(H,28,29)/t17?,20-,22-,24+/m1/s1. The second kappa shape index (κ2) is 8.90. The number of carbonyl (C=O) groups is 1. The van der Waals surface area contributed by atoms with E-state index in [0.717, 1.165) is 4.47 Å². The van der Waals surface area contributed by atoms with Gasteiger partial charge in [0.05, 0.1) is 37.6 Å². The number of benzene rings is 2. The molecule has 8 heteroatoms. The van der Waals surface area contributed by atoms with Gasteiger partial charge in [0.15, 0.2) is 0 Å². The Bertz CT molecular complexity index is 1110. The zero-order valence-electron chi connectivity index (χ0n) is 17.2. The number of methoxy groups -OCH3 is 1. The molecule has 4 atom stereocenters. The number of nitrogens with zero attached hydrogens (tertiary/aromatic N) is 1. The van der Waals surface area contributed by atoms with Gasteiger partial charge in [-0.15, -0.1) is 0 Å². The van der Waals surface area contributed by atoms with E-state index in [2.05, 4.69) is 20.9 Å². The monoisotopic (exact) mass is 499 g/mol. The summed E-state index contributed by atoms with van der Waals surface area (Å²) in [7, 11) is 1.41. The van der Waals surface area contributed by atoms with Crippen LogP contribution in [0.5, 0.6) is 11.5 Å². The third-order valence-corrected chi connectivity index (χ3v) is 6.42. The third-order valence-electron chi connectivity index (χ3n) is 5.89. The second-order valence-electron chi connectivity index (χ2n) is 7.63. The van der Waals surface area contributed by atoms with Gasteiger partial charge in [-0.25, -0.2) is 0 Å². The predicted octanol–water partition coefficient (Wildman–Crippen LogP) is 3.33. The van der Waals surface area contributed by atoms with E-state index < -0.39 is 29.5 Å². The maximum absolute atomic E-state index is 12.5. The first-order valence-corrected chi connectivity index (χ1v) is 10.8. The molecule has 1 aliphatic rings. The molecule has 1 aliphatic heterocycles. The molecule has 0 bridgehead atoms. The number of ether oxygens (including phenoxy) is 2. The van der Waals surface area contributed by atoms with Crippen LogP contribution in [-0.4, -0.2) is 46.1 Å². The highest BCUT2D eigenvalue weighted by molar-refractivity contribution is 9.10. The molecule has 1 unspecified atom stereocenters. The first-order chi connectivity index (χ1) is 15.4. The maximum Gasteiger partial charge on any atom is 0.310 e. The van der Waals surface area contributed by atoms with Crippen molar-refractivity contribution in [3.05, 3.63) is 88.2 Å². The number of pyridine rings is 1. The largest absolute Gasteiger partial charge is 0.495 e. The number of aliphatic carboxylic acids is 1. The van der Waals surface area contributed by atoms with E-state index in [1.54, 1.807) is 48.5 Å². The van der Waals surface area contributed by atoms with Crippen molar-refractivity contribution >= 4 is 21.9 Å². The summed E-state index contributed by atoms with van der Waals surface area (Å²) in [6, 6.07) is 15.6. The molecule has 0 aliphatic carbocycles. The molecular formula is C24H22BrNO6. The summed E-state index contributed by atoms with van der Waals surface area (Å²) in [4.78, 5) is 16.6. The number of halogens is 1. The van der Waals surface area contributed by atoms with Gasteiger partial charge in [0.1, 0.15) is 23.2 Å². The van der Waals surface area contributed by atoms with E-state index in [9.17, 15) is 20.1 Å². The summed E-state index contributed by atoms with van der Waals surface area (Å²) in [5.41, 5.74) is -1.05. The molecule has 4 rings (SSSR count). The van der Waals surface area contributed by atoms with Gasteiger partial charge in [-0.05, 0) is 23.3 Å². The zero-order chi connectivity index (χ0) is 22.9. The topological polar surface area (TPSA) is 109 Å². The molecule has 0 amide bonds. The Morgan fingerprint density at radius 2 is 1.84 bits per heavy atom.